The molecular weight excluding hydrogens is 414 g/mol. The lowest BCUT2D eigenvalue weighted by atomic mass is 10.2. The van der Waals surface area contributed by atoms with E-state index in [0.29, 0.717) is 15.6 Å². The molecular formula is C19H19N3O5S2. The maximum absolute atomic E-state index is 12.5. The van der Waals surface area contributed by atoms with Crippen molar-refractivity contribution < 1.29 is 22.4 Å². The van der Waals surface area contributed by atoms with Gasteiger partial charge in [-0.25, -0.2) is 8.42 Å². The average Bonchev–Trinajstić information content (AvgIpc) is 3.28. The molecule has 3 rings (SSSR count). The minimum Gasteiger partial charge on any atom is -0.459 e. The van der Waals surface area contributed by atoms with Gasteiger partial charge in [0.25, 0.3) is 11.8 Å². The van der Waals surface area contributed by atoms with Crippen molar-refractivity contribution in [3.05, 3.63) is 70.5 Å². The van der Waals surface area contributed by atoms with Crippen LogP contribution in [0.15, 0.2) is 53.1 Å². The van der Waals surface area contributed by atoms with Crippen LogP contribution in [-0.4, -0.2) is 26.5 Å². The first-order chi connectivity index (χ1) is 13.7. The monoisotopic (exact) mass is 433 g/mol. The summed E-state index contributed by atoms with van der Waals surface area (Å²) in [5.41, 5.74) is 1.90. The molecule has 1 aromatic carbocycles. The van der Waals surface area contributed by atoms with Gasteiger partial charge in [0, 0.05) is 12.2 Å². The number of anilines is 2. The van der Waals surface area contributed by atoms with E-state index in [1.165, 1.54) is 6.26 Å². The van der Waals surface area contributed by atoms with Crippen LogP contribution in [-0.2, 0) is 16.6 Å². The minimum absolute atomic E-state index is 0.185. The van der Waals surface area contributed by atoms with E-state index in [0.717, 1.165) is 28.7 Å². The van der Waals surface area contributed by atoms with Gasteiger partial charge >= 0.3 is 0 Å². The van der Waals surface area contributed by atoms with Gasteiger partial charge in [-0.1, -0.05) is 12.1 Å². The van der Waals surface area contributed by atoms with Crippen LogP contribution in [0.4, 0.5) is 10.7 Å². The lowest BCUT2D eigenvalue weighted by Crippen LogP contribution is -2.22. The Labute approximate surface area is 172 Å². The Morgan fingerprint density at radius 2 is 1.90 bits per heavy atom. The van der Waals surface area contributed by atoms with Crippen LogP contribution in [0.5, 0.6) is 0 Å². The molecule has 0 aliphatic carbocycles. The number of carbonyl (C=O) groups is 2. The molecule has 8 nitrogen and oxygen atoms in total. The summed E-state index contributed by atoms with van der Waals surface area (Å²) in [5, 5.41) is 6.04. The van der Waals surface area contributed by atoms with Gasteiger partial charge in [-0.3, -0.25) is 14.3 Å². The number of benzene rings is 1. The first-order valence-electron chi connectivity index (χ1n) is 8.51. The molecule has 0 bridgehead atoms. The average molecular weight is 434 g/mol. The SMILES string of the molecule is Cc1cc(NC(=O)c2ccco2)sc1C(=O)NCc1cccc(NS(C)(=O)=O)c1. The van der Waals surface area contributed by atoms with E-state index in [1.807, 2.05) is 0 Å². The summed E-state index contributed by atoms with van der Waals surface area (Å²) >= 11 is 1.16. The number of carbonyl (C=O) groups excluding carboxylic acids is 2. The van der Waals surface area contributed by atoms with E-state index < -0.39 is 15.9 Å². The molecule has 2 heterocycles. The summed E-state index contributed by atoms with van der Waals surface area (Å²) in [4.78, 5) is 25.1. The fourth-order valence-corrected chi connectivity index (χ4v) is 4.11. The molecule has 2 aromatic heterocycles. The highest BCUT2D eigenvalue weighted by Gasteiger charge is 2.16. The first-order valence-corrected chi connectivity index (χ1v) is 11.2. The molecule has 10 heteroatoms. The summed E-state index contributed by atoms with van der Waals surface area (Å²) < 4.78 is 30.1. The largest absolute Gasteiger partial charge is 0.459 e. The number of furan rings is 1. The second-order valence-electron chi connectivity index (χ2n) is 6.31. The molecule has 0 spiro atoms. The smallest absolute Gasteiger partial charge is 0.291 e. The van der Waals surface area contributed by atoms with Gasteiger partial charge in [0.15, 0.2) is 5.76 Å². The van der Waals surface area contributed by atoms with E-state index in [1.54, 1.807) is 49.4 Å². The molecule has 29 heavy (non-hydrogen) atoms. The van der Waals surface area contributed by atoms with Crippen LogP contribution >= 0.6 is 11.3 Å². The molecule has 0 aliphatic rings. The van der Waals surface area contributed by atoms with Crippen LogP contribution in [0.3, 0.4) is 0 Å². The highest BCUT2D eigenvalue weighted by molar-refractivity contribution is 7.92. The zero-order valence-electron chi connectivity index (χ0n) is 15.7. The van der Waals surface area contributed by atoms with Crippen molar-refractivity contribution in [3.63, 3.8) is 0 Å². The Hall–Kier alpha value is -3.11. The maximum atomic E-state index is 12.5. The van der Waals surface area contributed by atoms with Gasteiger partial charge in [0.2, 0.25) is 10.0 Å². The van der Waals surface area contributed by atoms with Gasteiger partial charge in [0.05, 0.1) is 22.4 Å². The highest BCUT2D eigenvalue weighted by Crippen LogP contribution is 2.27. The number of hydrogen-bond acceptors (Lipinski definition) is 6. The summed E-state index contributed by atoms with van der Waals surface area (Å²) in [6, 6.07) is 11.7. The first kappa shape index (κ1) is 20.6. The molecule has 0 unspecified atom stereocenters. The van der Waals surface area contributed by atoms with Crippen molar-refractivity contribution in [2.75, 3.05) is 16.3 Å². The van der Waals surface area contributed by atoms with Crippen LogP contribution in [0.25, 0.3) is 0 Å². The number of rotatable bonds is 7. The molecule has 0 fully saturated rings. The van der Waals surface area contributed by atoms with Crippen molar-refractivity contribution in [3.8, 4) is 0 Å². The summed E-state index contributed by atoms with van der Waals surface area (Å²) in [5.74, 6) is -0.490. The Morgan fingerprint density at radius 3 is 2.59 bits per heavy atom. The van der Waals surface area contributed by atoms with Crippen LogP contribution in [0, 0.1) is 6.92 Å². The van der Waals surface area contributed by atoms with Crippen LogP contribution < -0.4 is 15.4 Å². The normalized spacial score (nSPS) is 11.1. The third kappa shape index (κ3) is 5.69. The fraction of sp³-hybridized carbons (Fsp3) is 0.158. The molecule has 0 saturated heterocycles. The second kappa shape index (κ2) is 8.50. The Morgan fingerprint density at radius 1 is 1.10 bits per heavy atom. The second-order valence-corrected chi connectivity index (χ2v) is 9.11. The van der Waals surface area contributed by atoms with Gasteiger partial charge in [-0.2, -0.15) is 0 Å². The molecule has 0 atom stereocenters. The molecule has 3 aromatic rings. The summed E-state index contributed by atoms with van der Waals surface area (Å²) in [7, 11) is -3.37. The minimum atomic E-state index is -3.37. The molecule has 0 aliphatic heterocycles. The van der Waals surface area contributed by atoms with Gasteiger partial charge in [0.1, 0.15) is 0 Å². The quantitative estimate of drug-likeness (QED) is 0.529. The van der Waals surface area contributed by atoms with Crippen molar-refractivity contribution in [2.24, 2.45) is 0 Å². The van der Waals surface area contributed by atoms with E-state index in [-0.39, 0.29) is 18.2 Å². The molecule has 2 amide bonds. The lowest BCUT2D eigenvalue weighted by molar-refractivity contribution is 0.0953. The van der Waals surface area contributed by atoms with E-state index in [2.05, 4.69) is 15.4 Å². The van der Waals surface area contributed by atoms with E-state index in [4.69, 9.17) is 4.42 Å². The third-order valence-electron chi connectivity index (χ3n) is 3.79. The third-order valence-corrected chi connectivity index (χ3v) is 5.55. The number of hydrogen-bond donors (Lipinski definition) is 3. The van der Waals surface area contributed by atoms with E-state index >= 15 is 0 Å². The maximum Gasteiger partial charge on any atom is 0.291 e. The number of aryl methyl sites for hydroxylation is 1. The molecule has 0 saturated carbocycles. The number of thiophene rings is 1. The van der Waals surface area contributed by atoms with Crippen LogP contribution in [0.2, 0.25) is 0 Å². The van der Waals surface area contributed by atoms with Crippen molar-refractivity contribution in [2.45, 2.75) is 13.5 Å². The van der Waals surface area contributed by atoms with Gasteiger partial charge in [-0.15, -0.1) is 11.3 Å². The number of amides is 2. The Kier molecular flexibility index (Phi) is 6.04. The zero-order chi connectivity index (χ0) is 21.0. The lowest BCUT2D eigenvalue weighted by Gasteiger charge is -2.08. The summed E-state index contributed by atoms with van der Waals surface area (Å²) in [6.07, 6.45) is 2.48. The molecule has 3 N–H and O–H groups in total. The fourth-order valence-electron chi connectivity index (χ4n) is 2.57. The predicted molar refractivity (Wildman–Crippen MR) is 112 cm³/mol. The summed E-state index contributed by atoms with van der Waals surface area (Å²) in [6.45, 7) is 2.01. The number of sulfonamides is 1. The standard InChI is InChI=1S/C19H19N3O5S2/c1-12-9-16(21-18(23)15-7-4-8-27-15)28-17(12)19(24)20-11-13-5-3-6-14(10-13)22-29(2,25)26/h3-10,22H,11H2,1-2H3,(H,20,24)(H,21,23). The highest BCUT2D eigenvalue weighted by atomic mass is 32.2. The molecule has 0 radical (unpaired) electrons. The Bertz CT molecular complexity index is 1130. The van der Waals surface area contributed by atoms with E-state index in [9.17, 15) is 18.0 Å². The Balaban J connectivity index is 1.63. The van der Waals surface area contributed by atoms with Crippen molar-refractivity contribution in [1.82, 2.24) is 5.32 Å². The predicted octanol–water partition coefficient (Wildman–Crippen LogP) is 3.20. The van der Waals surface area contributed by atoms with Crippen LogP contribution in [0.1, 0.15) is 31.4 Å². The van der Waals surface area contributed by atoms with Gasteiger partial charge < -0.3 is 15.1 Å². The number of nitrogens with one attached hydrogen (secondary N) is 3. The zero-order valence-corrected chi connectivity index (χ0v) is 17.3. The van der Waals surface area contributed by atoms with Crippen molar-refractivity contribution >= 4 is 43.9 Å². The molecule has 152 valence electrons. The van der Waals surface area contributed by atoms with Crippen molar-refractivity contribution in [1.29, 1.82) is 0 Å². The van der Waals surface area contributed by atoms with Gasteiger partial charge in [-0.05, 0) is 48.4 Å². The topological polar surface area (TPSA) is 118 Å².